The maximum Gasteiger partial charge on any atom is 0.354 e. The summed E-state index contributed by atoms with van der Waals surface area (Å²) in [6.45, 7) is 3.71. The first kappa shape index (κ1) is 15.8. The van der Waals surface area contributed by atoms with Crippen LogP contribution in [-0.2, 0) is 19.1 Å². The summed E-state index contributed by atoms with van der Waals surface area (Å²) in [5.74, 6) is -0.512. The number of hydrogen-bond acceptors (Lipinski definition) is 6. The maximum atomic E-state index is 11.7. The fourth-order valence-electron chi connectivity index (χ4n) is 1.89. The van der Waals surface area contributed by atoms with Gasteiger partial charge in [0.1, 0.15) is 5.70 Å². The molecule has 1 saturated heterocycles. The summed E-state index contributed by atoms with van der Waals surface area (Å²) in [5, 5.41) is 0. The highest BCUT2D eigenvalue weighted by Crippen LogP contribution is 2.11. The van der Waals surface area contributed by atoms with E-state index in [9.17, 15) is 9.59 Å². The van der Waals surface area contributed by atoms with Gasteiger partial charge in [-0.15, -0.1) is 11.6 Å². The lowest BCUT2D eigenvalue weighted by Crippen LogP contribution is -2.47. The van der Waals surface area contributed by atoms with Crippen LogP contribution in [0.2, 0.25) is 0 Å². The van der Waals surface area contributed by atoms with Gasteiger partial charge in [0, 0.05) is 38.6 Å². The Balaban J connectivity index is 2.70. The second-order valence-corrected chi connectivity index (χ2v) is 4.44. The minimum Gasteiger partial charge on any atom is -0.466 e. The van der Waals surface area contributed by atoms with Crippen molar-refractivity contribution >= 4 is 23.5 Å². The number of hydrogen-bond donors (Lipinski definition) is 0. The molecule has 0 atom stereocenters. The van der Waals surface area contributed by atoms with E-state index in [1.54, 1.807) is 0 Å². The number of ether oxygens (including phenoxy) is 2. The molecule has 7 heteroatoms. The molecule has 1 rings (SSSR count). The molecule has 0 aromatic rings. The Hall–Kier alpha value is -1.27. The molecule has 0 aromatic heterocycles. The van der Waals surface area contributed by atoms with E-state index in [2.05, 4.69) is 9.64 Å². The topological polar surface area (TPSA) is 59.1 Å². The molecule has 1 heterocycles. The van der Waals surface area contributed by atoms with Gasteiger partial charge in [-0.3, -0.25) is 4.90 Å². The number of carbonyl (C=O) groups excluding carboxylic acids is 2. The molecule has 0 amide bonds. The van der Waals surface area contributed by atoms with Gasteiger partial charge < -0.3 is 14.4 Å². The quantitative estimate of drug-likeness (QED) is 0.406. The minimum atomic E-state index is -0.566. The van der Waals surface area contributed by atoms with E-state index in [0.717, 1.165) is 19.6 Å². The molecule has 0 aliphatic carbocycles. The van der Waals surface area contributed by atoms with E-state index in [0.29, 0.717) is 19.0 Å². The average Bonchev–Trinajstić information content (AvgIpc) is 2.45. The zero-order valence-electron chi connectivity index (χ0n) is 11.2. The maximum absolute atomic E-state index is 11.7. The molecule has 0 N–H and O–H groups in total. The average molecular weight is 291 g/mol. The fraction of sp³-hybridized carbons (Fsp3) is 0.667. The summed E-state index contributed by atoms with van der Waals surface area (Å²) in [4.78, 5) is 27.0. The molecule has 1 aliphatic rings. The zero-order valence-corrected chi connectivity index (χ0v) is 12.0. The van der Waals surface area contributed by atoms with Crippen LogP contribution in [0.3, 0.4) is 0 Å². The highest BCUT2D eigenvalue weighted by atomic mass is 35.5. The number of rotatable bonds is 5. The van der Waals surface area contributed by atoms with Crippen LogP contribution in [-0.4, -0.2) is 74.6 Å². The first-order valence-electron chi connectivity index (χ1n) is 6.03. The fourth-order valence-corrected chi connectivity index (χ4v) is 2.13. The molecule has 0 bridgehead atoms. The van der Waals surface area contributed by atoms with Gasteiger partial charge in [-0.25, -0.2) is 9.59 Å². The SMILES string of the molecule is COC(=O)/C=C(\C(=O)OC)N1CCN(CCCl)CC1. The van der Waals surface area contributed by atoms with Gasteiger partial charge in [0.25, 0.3) is 0 Å². The molecule has 0 saturated carbocycles. The number of piperazine rings is 1. The van der Waals surface area contributed by atoms with Crippen LogP contribution in [0.5, 0.6) is 0 Å². The zero-order chi connectivity index (χ0) is 14.3. The van der Waals surface area contributed by atoms with Crippen molar-refractivity contribution in [1.82, 2.24) is 9.80 Å². The Morgan fingerprint density at radius 1 is 1.16 bits per heavy atom. The molecular weight excluding hydrogens is 272 g/mol. The first-order valence-corrected chi connectivity index (χ1v) is 6.57. The Bertz CT molecular complexity index is 352. The molecule has 1 aliphatic heterocycles. The summed E-state index contributed by atoms with van der Waals surface area (Å²) in [6.07, 6.45) is 1.17. The van der Waals surface area contributed by atoms with E-state index >= 15 is 0 Å². The van der Waals surface area contributed by atoms with Crippen LogP contribution in [0, 0.1) is 0 Å². The Kier molecular flexibility index (Phi) is 6.66. The van der Waals surface area contributed by atoms with E-state index in [1.165, 1.54) is 20.3 Å². The number of esters is 2. The molecule has 1 fully saturated rings. The Morgan fingerprint density at radius 2 is 1.79 bits per heavy atom. The van der Waals surface area contributed by atoms with E-state index in [1.807, 2.05) is 4.90 Å². The highest BCUT2D eigenvalue weighted by molar-refractivity contribution is 6.18. The van der Waals surface area contributed by atoms with E-state index < -0.39 is 11.9 Å². The van der Waals surface area contributed by atoms with Gasteiger partial charge in [0.15, 0.2) is 0 Å². The molecule has 0 unspecified atom stereocenters. The van der Waals surface area contributed by atoms with Gasteiger partial charge in [0.2, 0.25) is 0 Å². The molecule has 6 nitrogen and oxygen atoms in total. The van der Waals surface area contributed by atoms with Crippen LogP contribution in [0.15, 0.2) is 11.8 Å². The predicted octanol–water partition coefficient (Wildman–Crippen LogP) is 0.0727. The van der Waals surface area contributed by atoms with Crippen molar-refractivity contribution in [3.63, 3.8) is 0 Å². The summed E-state index contributed by atoms with van der Waals surface area (Å²) < 4.78 is 9.24. The number of halogens is 1. The van der Waals surface area contributed by atoms with Crippen LogP contribution in [0.1, 0.15) is 0 Å². The smallest absolute Gasteiger partial charge is 0.354 e. The van der Waals surface area contributed by atoms with Crippen LogP contribution in [0.25, 0.3) is 0 Å². The normalized spacial score (nSPS) is 17.2. The van der Waals surface area contributed by atoms with Gasteiger partial charge >= 0.3 is 11.9 Å². The summed E-state index contributed by atoms with van der Waals surface area (Å²) >= 11 is 5.69. The van der Waals surface area contributed by atoms with Crippen molar-refractivity contribution in [3.05, 3.63) is 11.8 Å². The molecule has 0 aromatic carbocycles. The molecule has 108 valence electrons. The third-order valence-corrected chi connectivity index (χ3v) is 3.13. The summed E-state index contributed by atoms with van der Waals surface area (Å²) in [5.41, 5.74) is 0.236. The van der Waals surface area contributed by atoms with Gasteiger partial charge in [-0.1, -0.05) is 0 Å². The van der Waals surface area contributed by atoms with Crippen LogP contribution >= 0.6 is 11.6 Å². The first-order chi connectivity index (χ1) is 9.12. The minimum absolute atomic E-state index is 0.236. The van der Waals surface area contributed by atoms with Crippen LogP contribution < -0.4 is 0 Å². The number of methoxy groups -OCH3 is 2. The number of alkyl halides is 1. The van der Waals surface area contributed by atoms with Gasteiger partial charge in [-0.05, 0) is 0 Å². The van der Waals surface area contributed by atoms with Crippen molar-refractivity contribution in [1.29, 1.82) is 0 Å². The van der Waals surface area contributed by atoms with Gasteiger partial charge in [-0.2, -0.15) is 0 Å². The van der Waals surface area contributed by atoms with E-state index in [4.69, 9.17) is 16.3 Å². The lowest BCUT2D eigenvalue weighted by molar-refractivity contribution is -0.140. The highest BCUT2D eigenvalue weighted by Gasteiger charge is 2.24. The Labute approximate surface area is 117 Å². The van der Waals surface area contributed by atoms with Crippen molar-refractivity contribution < 1.29 is 19.1 Å². The third-order valence-electron chi connectivity index (χ3n) is 2.96. The van der Waals surface area contributed by atoms with Crippen molar-refractivity contribution in [3.8, 4) is 0 Å². The van der Waals surface area contributed by atoms with E-state index in [-0.39, 0.29) is 5.70 Å². The number of nitrogens with zero attached hydrogens (tertiary/aromatic N) is 2. The molecule has 0 radical (unpaired) electrons. The molecular formula is C12H19ClN2O4. The second kappa shape index (κ2) is 8.01. The molecule has 19 heavy (non-hydrogen) atoms. The number of carbonyl (C=O) groups is 2. The van der Waals surface area contributed by atoms with Crippen molar-refractivity contribution in [2.75, 3.05) is 52.8 Å². The van der Waals surface area contributed by atoms with Crippen molar-refractivity contribution in [2.45, 2.75) is 0 Å². The standard InChI is InChI=1S/C12H19ClN2O4/c1-18-11(16)9-10(12(17)19-2)15-7-5-14(4-3-13)6-8-15/h9H,3-8H2,1-2H3/b10-9+. The summed E-state index contributed by atoms with van der Waals surface area (Å²) in [7, 11) is 2.56. The van der Waals surface area contributed by atoms with Crippen LogP contribution in [0.4, 0.5) is 0 Å². The molecule has 0 spiro atoms. The summed E-state index contributed by atoms with van der Waals surface area (Å²) in [6, 6.07) is 0. The lowest BCUT2D eigenvalue weighted by Gasteiger charge is -2.35. The second-order valence-electron chi connectivity index (χ2n) is 4.06. The predicted molar refractivity (Wildman–Crippen MR) is 70.8 cm³/mol. The van der Waals surface area contributed by atoms with Crippen molar-refractivity contribution in [2.24, 2.45) is 0 Å². The Morgan fingerprint density at radius 3 is 2.26 bits per heavy atom. The lowest BCUT2D eigenvalue weighted by atomic mass is 10.2. The largest absolute Gasteiger partial charge is 0.466 e. The monoisotopic (exact) mass is 290 g/mol. The third kappa shape index (κ3) is 4.72. The van der Waals surface area contributed by atoms with Gasteiger partial charge in [0.05, 0.1) is 20.3 Å².